The van der Waals surface area contributed by atoms with Crippen LogP contribution in [0, 0.1) is 3.70 Å². The summed E-state index contributed by atoms with van der Waals surface area (Å²) >= 11 is 2.24. The van der Waals surface area contributed by atoms with E-state index in [2.05, 4.69) is 45.0 Å². The minimum Gasteiger partial charge on any atom is -0.347 e. The first-order chi connectivity index (χ1) is 9.76. The van der Waals surface area contributed by atoms with Crippen LogP contribution in [0.2, 0.25) is 0 Å². The van der Waals surface area contributed by atoms with Gasteiger partial charge in [-0.2, -0.15) is 0 Å². The van der Waals surface area contributed by atoms with E-state index in [4.69, 9.17) is 9.47 Å². The van der Waals surface area contributed by atoms with Crippen molar-refractivity contribution >= 4 is 22.6 Å². The van der Waals surface area contributed by atoms with Crippen molar-refractivity contribution in [3.8, 4) is 0 Å². The Balaban J connectivity index is 2.17. The molecule has 0 unspecified atom stereocenters. The highest BCUT2D eigenvalue weighted by Gasteiger charge is 2.21. The largest absolute Gasteiger partial charge is 0.347 e. The normalized spacial score (nSPS) is 11.2. The number of ether oxygens (including phenoxy) is 2. The van der Waals surface area contributed by atoms with E-state index in [-0.39, 0.29) is 0 Å². The van der Waals surface area contributed by atoms with E-state index in [0.29, 0.717) is 19.8 Å². The molecule has 0 saturated heterocycles. The molecule has 1 aromatic heterocycles. The van der Waals surface area contributed by atoms with Crippen LogP contribution in [0.5, 0.6) is 0 Å². The van der Waals surface area contributed by atoms with Gasteiger partial charge in [-0.15, -0.1) is 5.10 Å². The molecule has 0 aliphatic rings. The standard InChI is InChI=1S/C14H18IN3O2/c1-3-19-14(20-4-2)12-13(15)18(17-16-12)10-11-8-6-5-7-9-11/h5-9,14H,3-4,10H2,1-2H3. The van der Waals surface area contributed by atoms with Gasteiger partial charge in [-0.3, -0.25) is 0 Å². The third-order valence-electron chi connectivity index (χ3n) is 2.73. The third kappa shape index (κ3) is 3.77. The van der Waals surface area contributed by atoms with Gasteiger partial charge in [0.2, 0.25) is 6.29 Å². The summed E-state index contributed by atoms with van der Waals surface area (Å²) in [6, 6.07) is 10.2. The molecular formula is C14H18IN3O2. The highest BCUT2D eigenvalue weighted by Crippen LogP contribution is 2.22. The fourth-order valence-electron chi connectivity index (χ4n) is 1.83. The van der Waals surface area contributed by atoms with Crippen LogP contribution in [0.1, 0.15) is 31.4 Å². The lowest BCUT2D eigenvalue weighted by molar-refractivity contribution is -0.143. The summed E-state index contributed by atoms with van der Waals surface area (Å²) in [5.74, 6) is 0. The summed E-state index contributed by atoms with van der Waals surface area (Å²) in [6.07, 6.45) is -0.443. The van der Waals surface area contributed by atoms with Crippen molar-refractivity contribution in [1.82, 2.24) is 15.0 Å². The molecule has 5 nitrogen and oxygen atoms in total. The highest BCUT2D eigenvalue weighted by atomic mass is 127. The summed E-state index contributed by atoms with van der Waals surface area (Å²) in [4.78, 5) is 0. The SMILES string of the molecule is CCOC(OCC)c1nnn(Cc2ccccc2)c1I. The van der Waals surface area contributed by atoms with Crippen molar-refractivity contribution in [3.05, 3.63) is 45.3 Å². The lowest BCUT2D eigenvalue weighted by Crippen LogP contribution is -2.11. The molecule has 0 amide bonds. The predicted octanol–water partition coefficient (Wildman–Crippen LogP) is 3.00. The molecule has 0 saturated carbocycles. The van der Waals surface area contributed by atoms with Crippen LogP contribution >= 0.6 is 22.6 Å². The van der Waals surface area contributed by atoms with E-state index in [1.54, 1.807) is 0 Å². The van der Waals surface area contributed by atoms with Gasteiger partial charge in [-0.05, 0) is 42.0 Å². The molecule has 0 bridgehead atoms. The van der Waals surface area contributed by atoms with Crippen LogP contribution in [-0.2, 0) is 16.0 Å². The number of halogens is 1. The predicted molar refractivity (Wildman–Crippen MR) is 84.3 cm³/mol. The van der Waals surface area contributed by atoms with Gasteiger partial charge < -0.3 is 9.47 Å². The zero-order chi connectivity index (χ0) is 14.4. The molecule has 0 atom stereocenters. The summed E-state index contributed by atoms with van der Waals surface area (Å²) in [6.45, 7) is 5.72. The van der Waals surface area contributed by atoms with Gasteiger partial charge >= 0.3 is 0 Å². The Hall–Kier alpha value is -0.990. The number of nitrogens with zero attached hydrogens (tertiary/aromatic N) is 3. The van der Waals surface area contributed by atoms with Crippen molar-refractivity contribution < 1.29 is 9.47 Å². The lowest BCUT2D eigenvalue weighted by Gasteiger charge is -2.14. The molecule has 20 heavy (non-hydrogen) atoms. The second-order valence-corrected chi connectivity index (χ2v) is 5.17. The zero-order valence-electron chi connectivity index (χ0n) is 11.6. The molecule has 1 heterocycles. The van der Waals surface area contributed by atoms with Crippen molar-refractivity contribution in [2.45, 2.75) is 26.7 Å². The molecule has 0 aliphatic carbocycles. The Labute approximate surface area is 132 Å². The fraction of sp³-hybridized carbons (Fsp3) is 0.429. The van der Waals surface area contributed by atoms with Gasteiger partial charge in [0.15, 0.2) is 5.69 Å². The molecule has 0 N–H and O–H groups in total. The zero-order valence-corrected chi connectivity index (χ0v) is 13.8. The maximum absolute atomic E-state index is 5.57. The first kappa shape index (κ1) is 15.4. The first-order valence-corrected chi connectivity index (χ1v) is 7.70. The van der Waals surface area contributed by atoms with Crippen LogP contribution in [-0.4, -0.2) is 28.2 Å². The van der Waals surface area contributed by atoms with Crippen molar-refractivity contribution in [1.29, 1.82) is 0 Å². The monoisotopic (exact) mass is 387 g/mol. The molecule has 6 heteroatoms. The van der Waals surface area contributed by atoms with Gasteiger partial charge in [0.1, 0.15) is 3.70 Å². The summed E-state index contributed by atoms with van der Waals surface area (Å²) in [7, 11) is 0. The second-order valence-electron chi connectivity index (χ2n) is 4.15. The topological polar surface area (TPSA) is 49.2 Å². The van der Waals surface area contributed by atoms with Crippen LogP contribution in [0.4, 0.5) is 0 Å². The van der Waals surface area contributed by atoms with Crippen LogP contribution in [0.3, 0.4) is 0 Å². The number of rotatable bonds is 7. The van der Waals surface area contributed by atoms with Gasteiger partial charge in [0.25, 0.3) is 0 Å². The average Bonchev–Trinajstić information content (AvgIpc) is 2.81. The van der Waals surface area contributed by atoms with Gasteiger partial charge in [0.05, 0.1) is 6.54 Å². The summed E-state index contributed by atoms with van der Waals surface area (Å²) in [5, 5.41) is 8.40. The Kier molecular flexibility index (Phi) is 5.93. The minimum absolute atomic E-state index is 0.443. The minimum atomic E-state index is -0.443. The number of benzene rings is 1. The fourth-order valence-corrected chi connectivity index (χ4v) is 2.45. The van der Waals surface area contributed by atoms with Crippen LogP contribution in [0.15, 0.2) is 30.3 Å². The molecule has 2 aromatic rings. The molecule has 0 radical (unpaired) electrons. The van der Waals surface area contributed by atoms with E-state index in [9.17, 15) is 0 Å². The van der Waals surface area contributed by atoms with E-state index in [1.165, 1.54) is 5.56 Å². The third-order valence-corrected chi connectivity index (χ3v) is 3.84. The molecule has 2 rings (SSSR count). The van der Waals surface area contributed by atoms with E-state index >= 15 is 0 Å². The first-order valence-electron chi connectivity index (χ1n) is 6.62. The van der Waals surface area contributed by atoms with Crippen molar-refractivity contribution in [2.75, 3.05) is 13.2 Å². The van der Waals surface area contributed by atoms with Crippen molar-refractivity contribution in [2.24, 2.45) is 0 Å². The Bertz CT molecular complexity index is 524. The molecule has 0 spiro atoms. The Morgan fingerprint density at radius 1 is 1.15 bits per heavy atom. The molecular weight excluding hydrogens is 369 g/mol. The van der Waals surface area contributed by atoms with Gasteiger partial charge in [0, 0.05) is 13.2 Å². The molecule has 0 fully saturated rings. The van der Waals surface area contributed by atoms with Gasteiger partial charge in [-0.25, -0.2) is 4.68 Å². The molecule has 0 aliphatic heterocycles. The number of aromatic nitrogens is 3. The Morgan fingerprint density at radius 3 is 2.40 bits per heavy atom. The number of hydrogen-bond donors (Lipinski definition) is 0. The van der Waals surface area contributed by atoms with E-state index in [0.717, 1.165) is 9.39 Å². The highest BCUT2D eigenvalue weighted by molar-refractivity contribution is 14.1. The number of hydrogen-bond acceptors (Lipinski definition) is 4. The average molecular weight is 387 g/mol. The van der Waals surface area contributed by atoms with Crippen molar-refractivity contribution in [3.63, 3.8) is 0 Å². The smallest absolute Gasteiger partial charge is 0.205 e. The van der Waals surface area contributed by atoms with E-state index in [1.807, 2.05) is 36.7 Å². The van der Waals surface area contributed by atoms with Gasteiger partial charge in [-0.1, -0.05) is 35.5 Å². The Morgan fingerprint density at radius 2 is 1.80 bits per heavy atom. The summed E-state index contributed by atoms with van der Waals surface area (Å²) < 4.78 is 13.9. The van der Waals surface area contributed by atoms with Crippen LogP contribution < -0.4 is 0 Å². The maximum atomic E-state index is 5.57. The van der Waals surface area contributed by atoms with Crippen LogP contribution in [0.25, 0.3) is 0 Å². The maximum Gasteiger partial charge on any atom is 0.205 e. The molecule has 1 aromatic carbocycles. The van der Waals surface area contributed by atoms with E-state index < -0.39 is 6.29 Å². The lowest BCUT2D eigenvalue weighted by atomic mass is 10.2. The quantitative estimate of drug-likeness (QED) is 0.542. The summed E-state index contributed by atoms with van der Waals surface area (Å²) in [5.41, 5.74) is 1.93. The second kappa shape index (κ2) is 7.70. The molecule has 108 valence electrons.